The average Bonchev–Trinajstić information content (AvgIpc) is 2.75. The highest BCUT2D eigenvalue weighted by molar-refractivity contribution is 6.06. The first kappa shape index (κ1) is 21.7. The van der Waals surface area contributed by atoms with Crippen LogP contribution in [-0.2, 0) is 9.59 Å². The molecule has 8 nitrogen and oxygen atoms in total. The molecule has 2 rings (SSSR count). The van der Waals surface area contributed by atoms with Crippen molar-refractivity contribution in [1.82, 2.24) is 10.2 Å². The van der Waals surface area contributed by atoms with E-state index >= 15 is 0 Å². The van der Waals surface area contributed by atoms with Gasteiger partial charge in [0.2, 0.25) is 5.91 Å². The molecule has 0 bridgehead atoms. The Balaban J connectivity index is 0.00000338. The number of halogens is 1. The lowest BCUT2D eigenvalue weighted by Gasteiger charge is -2.15. The first-order valence-corrected chi connectivity index (χ1v) is 8.20. The van der Waals surface area contributed by atoms with E-state index in [4.69, 9.17) is 10.5 Å². The number of urea groups is 1. The van der Waals surface area contributed by atoms with Gasteiger partial charge in [0.25, 0.3) is 5.91 Å². The predicted molar refractivity (Wildman–Crippen MR) is 100 cm³/mol. The number of nitrogens with one attached hydrogen (secondary N) is 2. The van der Waals surface area contributed by atoms with Crippen molar-refractivity contribution in [3.8, 4) is 5.75 Å². The number of nitrogens with two attached hydrogens (primary N) is 1. The maximum Gasteiger partial charge on any atom is 0.325 e. The van der Waals surface area contributed by atoms with Gasteiger partial charge in [-0.1, -0.05) is 0 Å². The van der Waals surface area contributed by atoms with Crippen LogP contribution in [0.1, 0.15) is 26.7 Å². The molecule has 4 amide bonds. The second-order valence-corrected chi connectivity index (χ2v) is 6.33. The molecule has 0 radical (unpaired) electrons. The Bertz CT molecular complexity index is 649. The van der Waals surface area contributed by atoms with Crippen LogP contribution in [0.3, 0.4) is 0 Å². The predicted octanol–water partition coefficient (Wildman–Crippen LogP) is 1.49. The van der Waals surface area contributed by atoms with E-state index in [0.29, 0.717) is 31.0 Å². The van der Waals surface area contributed by atoms with Crippen LogP contribution in [0.5, 0.6) is 5.75 Å². The van der Waals surface area contributed by atoms with Crippen LogP contribution in [0.25, 0.3) is 0 Å². The molecular weight excluding hydrogens is 360 g/mol. The number of nitrogens with zero attached hydrogens (tertiary/aromatic N) is 1. The van der Waals surface area contributed by atoms with Crippen LogP contribution < -0.4 is 21.1 Å². The van der Waals surface area contributed by atoms with Crippen LogP contribution in [0, 0.1) is 0 Å². The first-order valence-electron chi connectivity index (χ1n) is 8.20. The zero-order chi connectivity index (χ0) is 18.4. The summed E-state index contributed by atoms with van der Waals surface area (Å²) in [7, 11) is 0. The van der Waals surface area contributed by atoms with Gasteiger partial charge >= 0.3 is 6.03 Å². The summed E-state index contributed by atoms with van der Waals surface area (Å²) in [5, 5.41) is 5.37. The van der Waals surface area contributed by atoms with Gasteiger partial charge in [0.05, 0.1) is 0 Å². The molecule has 0 spiro atoms. The molecule has 1 aromatic carbocycles. The standard InChI is InChI=1S/C17H24N4O4.ClH/c1-17(2)15(23)21(16(24)20-17)10-3-4-14(22)19-12-5-7-13(8-6-12)25-11-9-18;/h5-8H,3-4,9-11,18H2,1-2H3,(H,19,22)(H,20,24);1H. The SMILES string of the molecule is CC1(C)NC(=O)N(CCCC(=O)Nc2ccc(OCCN)cc2)C1=O.Cl. The van der Waals surface area contributed by atoms with E-state index in [-0.39, 0.29) is 37.2 Å². The zero-order valence-corrected chi connectivity index (χ0v) is 15.7. The number of anilines is 1. The third-order valence-corrected chi connectivity index (χ3v) is 3.75. The van der Waals surface area contributed by atoms with Crippen LogP contribution in [0.15, 0.2) is 24.3 Å². The van der Waals surface area contributed by atoms with Crippen molar-refractivity contribution in [2.75, 3.05) is 25.0 Å². The van der Waals surface area contributed by atoms with E-state index in [1.807, 2.05) is 0 Å². The van der Waals surface area contributed by atoms with Crippen LogP contribution >= 0.6 is 12.4 Å². The topological polar surface area (TPSA) is 114 Å². The van der Waals surface area contributed by atoms with Gasteiger partial charge in [-0.25, -0.2) is 4.79 Å². The number of carbonyl (C=O) groups excluding carboxylic acids is 3. The highest BCUT2D eigenvalue weighted by atomic mass is 35.5. The summed E-state index contributed by atoms with van der Waals surface area (Å²) in [5.74, 6) is 0.234. The average molecular weight is 385 g/mol. The van der Waals surface area contributed by atoms with Crippen molar-refractivity contribution >= 4 is 35.9 Å². The smallest absolute Gasteiger partial charge is 0.325 e. The van der Waals surface area contributed by atoms with E-state index in [1.165, 1.54) is 0 Å². The lowest BCUT2D eigenvalue weighted by atomic mass is 10.1. The second kappa shape index (κ2) is 9.40. The number of rotatable bonds is 8. The molecule has 4 N–H and O–H groups in total. The minimum Gasteiger partial charge on any atom is -0.492 e. The molecule has 1 aromatic rings. The molecule has 1 aliphatic rings. The molecule has 0 atom stereocenters. The first-order chi connectivity index (χ1) is 11.8. The number of imide groups is 1. The molecule has 1 saturated heterocycles. The summed E-state index contributed by atoms with van der Waals surface area (Å²) in [5.41, 5.74) is 5.14. The van der Waals surface area contributed by atoms with E-state index in [0.717, 1.165) is 4.90 Å². The molecule has 1 aliphatic heterocycles. The summed E-state index contributed by atoms with van der Waals surface area (Å²) in [6.07, 6.45) is 0.613. The van der Waals surface area contributed by atoms with Crippen LogP contribution in [0.4, 0.5) is 10.5 Å². The molecule has 0 unspecified atom stereocenters. The van der Waals surface area contributed by atoms with Gasteiger partial charge in [-0.3, -0.25) is 14.5 Å². The van der Waals surface area contributed by atoms with Crippen molar-refractivity contribution in [2.45, 2.75) is 32.2 Å². The highest BCUT2D eigenvalue weighted by Crippen LogP contribution is 2.18. The van der Waals surface area contributed by atoms with Gasteiger partial charge in [0, 0.05) is 25.2 Å². The van der Waals surface area contributed by atoms with Gasteiger partial charge in [0.15, 0.2) is 0 Å². The van der Waals surface area contributed by atoms with Gasteiger partial charge in [-0.2, -0.15) is 0 Å². The Morgan fingerprint density at radius 1 is 1.27 bits per heavy atom. The van der Waals surface area contributed by atoms with Gasteiger partial charge in [-0.05, 0) is 44.5 Å². The summed E-state index contributed by atoms with van der Waals surface area (Å²) in [4.78, 5) is 36.9. The van der Waals surface area contributed by atoms with Crippen molar-refractivity contribution in [3.63, 3.8) is 0 Å². The van der Waals surface area contributed by atoms with Crippen LogP contribution in [0.2, 0.25) is 0 Å². The second-order valence-electron chi connectivity index (χ2n) is 6.33. The molecule has 144 valence electrons. The molecule has 0 aromatic heterocycles. The highest BCUT2D eigenvalue weighted by Gasteiger charge is 2.43. The van der Waals surface area contributed by atoms with Crippen molar-refractivity contribution in [1.29, 1.82) is 0 Å². The number of benzene rings is 1. The Labute approximate surface area is 158 Å². The van der Waals surface area contributed by atoms with Crippen molar-refractivity contribution < 1.29 is 19.1 Å². The monoisotopic (exact) mass is 384 g/mol. The molecule has 0 saturated carbocycles. The van der Waals surface area contributed by atoms with Crippen molar-refractivity contribution in [3.05, 3.63) is 24.3 Å². The molecule has 0 aliphatic carbocycles. The van der Waals surface area contributed by atoms with Crippen LogP contribution in [-0.4, -0.2) is 48.0 Å². The quantitative estimate of drug-likeness (QED) is 0.587. The Morgan fingerprint density at radius 2 is 1.92 bits per heavy atom. The third kappa shape index (κ3) is 5.60. The third-order valence-electron chi connectivity index (χ3n) is 3.75. The lowest BCUT2D eigenvalue weighted by molar-refractivity contribution is -0.130. The fraction of sp³-hybridized carbons (Fsp3) is 0.471. The van der Waals surface area contributed by atoms with Gasteiger partial charge in [-0.15, -0.1) is 12.4 Å². The molecule has 26 heavy (non-hydrogen) atoms. The molecule has 9 heteroatoms. The maximum atomic E-state index is 12.0. The molecule has 1 heterocycles. The summed E-state index contributed by atoms with van der Waals surface area (Å²) in [6, 6.07) is 6.57. The molecular formula is C17H25ClN4O4. The zero-order valence-electron chi connectivity index (χ0n) is 14.9. The normalized spacial score (nSPS) is 15.3. The number of carbonyl (C=O) groups is 3. The fourth-order valence-corrected chi connectivity index (χ4v) is 2.45. The number of ether oxygens (including phenoxy) is 1. The Kier molecular flexibility index (Phi) is 7.85. The summed E-state index contributed by atoms with van der Waals surface area (Å²) in [6.45, 7) is 4.40. The van der Waals surface area contributed by atoms with Gasteiger partial charge in [0.1, 0.15) is 17.9 Å². The lowest BCUT2D eigenvalue weighted by Crippen LogP contribution is -2.40. The minimum absolute atomic E-state index is 0. The Morgan fingerprint density at radius 3 is 2.46 bits per heavy atom. The number of hydrogen-bond donors (Lipinski definition) is 3. The minimum atomic E-state index is -0.882. The maximum absolute atomic E-state index is 12.0. The van der Waals surface area contributed by atoms with E-state index in [9.17, 15) is 14.4 Å². The largest absolute Gasteiger partial charge is 0.492 e. The molecule has 1 fully saturated rings. The number of hydrogen-bond acceptors (Lipinski definition) is 5. The summed E-state index contributed by atoms with van der Waals surface area (Å²) < 4.78 is 5.36. The van der Waals surface area contributed by atoms with E-state index in [2.05, 4.69) is 10.6 Å². The fourth-order valence-electron chi connectivity index (χ4n) is 2.45. The Hall–Kier alpha value is -2.32. The van der Waals surface area contributed by atoms with E-state index < -0.39 is 11.6 Å². The van der Waals surface area contributed by atoms with E-state index in [1.54, 1.807) is 38.1 Å². The van der Waals surface area contributed by atoms with Crippen molar-refractivity contribution in [2.24, 2.45) is 5.73 Å². The summed E-state index contributed by atoms with van der Waals surface area (Å²) >= 11 is 0. The van der Waals surface area contributed by atoms with Gasteiger partial charge < -0.3 is 21.1 Å². The number of amides is 4.